The van der Waals surface area contributed by atoms with Crippen molar-refractivity contribution in [2.45, 2.75) is 13.1 Å². The van der Waals surface area contributed by atoms with Crippen LogP contribution >= 0.6 is 0 Å². The standard InChI is InChI=1S/C17H21N3O4S/c1-24-16-8-4-6-14(10-16)12-19-17(21)18-11-13-5-3-7-15(9-13)20-25(2,22)23/h3-10,20H,11-12H2,1-2H3,(H2,18,19,21). The molecule has 0 saturated heterocycles. The number of anilines is 1. The molecule has 2 aromatic rings. The fraction of sp³-hybridized carbons (Fsp3) is 0.235. The predicted octanol–water partition coefficient (Wildman–Crippen LogP) is 2.07. The molecule has 2 aromatic carbocycles. The molecular formula is C17H21N3O4S. The van der Waals surface area contributed by atoms with Crippen LogP contribution in [-0.2, 0) is 23.1 Å². The Morgan fingerprint density at radius 2 is 1.60 bits per heavy atom. The summed E-state index contributed by atoms with van der Waals surface area (Å²) in [6.07, 6.45) is 1.09. The van der Waals surface area contributed by atoms with Gasteiger partial charge in [-0.15, -0.1) is 0 Å². The van der Waals surface area contributed by atoms with Gasteiger partial charge in [-0.3, -0.25) is 4.72 Å². The lowest BCUT2D eigenvalue weighted by Crippen LogP contribution is -2.34. The third kappa shape index (κ3) is 6.72. The predicted molar refractivity (Wildman–Crippen MR) is 97.0 cm³/mol. The molecule has 0 fully saturated rings. The summed E-state index contributed by atoms with van der Waals surface area (Å²) in [5.41, 5.74) is 2.16. The number of nitrogens with one attached hydrogen (secondary N) is 3. The van der Waals surface area contributed by atoms with E-state index >= 15 is 0 Å². The van der Waals surface area contributed by atoms with E-state index in [0.29, 0.717) is 12.2 Å². The van der Waals surface area contributed by atoms with Crippen LogP contribution in [0.2, 0.25) is 0 Å². The van der Waals surface area contributed by atoms with E-state index in [1.165, 1.54) is 0 Å². The number of hydrogen-bond acceptors (Lipinski definition) is 4. The molecule has 0 heterocycles. The van der Waals surface area contributed by atoms with E-state index in [2.05, 4.69) is 15.4 Å². The molecule has 0 bridgehead atoms. The molecule has 134 valence electrons. The van der Waals surface area contributed by atoms with E-state index in [-0.39, 0.29) is 12.6 Å². The fourth-order valence-electron chi connectivity index (χ4n) is 2.17. The Bertz CT molecular complexity index is 837. The Kier molecular flexibility index (Phi) is 6.24. The molecule has 0 atom stereocenters. The first kappa shape index (κ1) is 18.6. The zero-order chi connectivity index (χ0) is 18.3. The van der Waals surface area contributed by atoms with E-state index in [9.17, 15) is 13.2 Å². The van der Waals surface area contributed by atoms with Crippen LogP contribution in [0, 0.1) is 0 Å². The van der Waals surface area contributed by atoms with Crippen LogP contribution in [0.15, 0.2) is 48.5 Å². The average molecular weight is 363 g/mol. The van der Waals surface area contributed by atoms with E-state index in [0.717, 1.165) is 23.1 Å². The summed E-state index contributed by atoms with van der Waals surface area (Å²) < 4.78 is 30.0. The summed E-state index contributed by atoms with van der Waals surface area (Å²) in [5.74, 6) is 0.731. The molecule has 8 heteroatoms. The number of rotatable bonds is 7. The molecule has 0 aliphatic carbocycles. The molecule has 2 rings (SSSR count). The smallest absolute Gasteiger partial charge is 0.315 e. The molecule has 0 radical (unpaired) electrons. The van der Waals surface area contributed by atoms with Gasteiger partial charge in [0, 0.05) is 18.8 Å². The topological polar surface area (TPSA) is 96.5 Å². The first-order chi connectivity index (χ1) is 11.9. The van der Waals surface area contributed by atoms with Crippen molar-refractivity contribution in [1.82, 2.24) is 10.6 Å². The minimum atomic E-state index is -3.33. The number of hydrogen-bond donors (Lipinski definition) is 3. The van der Waals surface area contributed by atoms with E-state index in [1.54, 1.807) is 31.4 Å². The molecule has 0 aliphatic heterocycles. The Hall–Kier alpha value is -2.74. The van der Waals surface area contributed by atoms with Gasteiger partial charge in [0.2, 0.25) is 10.0 Å². The van der Waals surface area contributed by atoms with E-state index in [4.69, 9.17) is 4.74 Å². The van der Waals surface area contributed by atoms with Crippen LogP contribution in [0.4, 0.5) is 10.5 Å². The molecule has 25 heavy (non-hydrogen) atoms. The van der Waals surface area contributed by atoms with Crippen molar-refractivity contribution in [2.24, 2.45) is 0 Å². The number of carbonyl (C=O) groups is 1. The van der Waals surface area contributed by atoms with Crippen molar-refractivity contribution < 1.29 is 17.9 Å². The van der Waals surface area contributed by atoms with Gasteiger partial charge in [-0.1, -0.05) is 24.3 Å². The summed E-state index contributed by atoms with van der Waals surface area (Å²) in [4.78, 5) is 11.9. The second kappa shape index (κ2) is 8.39. The molecule has 2 amide bonds. The van der Waals surface area contributed by atoms with Gasteiger partial charge in [-0.25, -0.2) is 13.2 Å². The van der Waals surface area contributed by atoms with Gasteiger partial charge in [0.15, 0.2) is 0 Å². The summed E-state index contributed by atoms with van der Waals surface area (Å²) in [6, 6.07) is 14.0. The second-order valence-electron chi connectivity index (χ2n) is 5.46. The summed E-state index contributed by atoms with van der Waals surface area (Å²) in [6.45, 7) is 0.655. The second-order valence-corrected chi connectivity index (χ2v) is 7.21. The number of urea groups is 1. The Labute approximate surface area is 147 Å². The van der Waals surface area contributed by atoms with Crippen molar-refractivity contribution >= 4 is 21.7 Å². The molecule has 3 N–H and O–H groups in total. The summed E-state index contributed by atoms with van der Waals surface area (Å²) >= 11 is 0. The zero-order valence-corrected chi connectivity index (χ0v) is 14.9. The van der Waals surface area contributed by atoms with Crippen molar-refractivity contribution in [3.63, 3.8) is 0 Å². The quantitative estimate of drug-likeness (QED) is 0.701. The maximum absolute atomic E-state index is 11.9. The molecular weight excluding hydrogens is 342 g/mol. The highest BCUT2D eigenvalue weighted by Crippen LogP contribution is 2.13. The summed E-state index contributed by atoms with van der Waals surface area (Å²) in [5, 5.41) is 5.49. The highest BCUT2D eigenvalue weighted by Gasteiger charge is 2.05. The first-order valence-corrected chi connectivity index (χ1v) is 9.46. The molecule has 0 aliphatic rings. The average Bonchev–Trinajstić information content (AvgIpc) is 2.57. The van der Waals surface area contributed by atoms with Crippen LogP contribution in [0.3, 0.4) is 0 Å². The molecule has 0 aromatic heterocycles. The summed E-state index contributed by atoms with van der Waals surface area (Å²) in [7, 11) is -1.74. The van der Waals surface area contributed by atoms with Crippen LogP contribution < -0.4 is 20.1 Å². The third-order valence-corrected chi connectivity index (χ3v) is 3.88. The van der Waals surface area contributed by atoms with Crippen LogP contribution in [0.5, 0.6) is 5.75 Å². The van der Waals surface area contributed by atoms with Gasteiger partial charge in [0.1, 0.15) is 5.75 Å². The van der Waals surface area contributed by atoms with Crippen molar-refractivity contribution in [1.29, 1.82) is 0 Å². The SMILES string of the molecule is COc1cccc(CNC(=O)NCc2cccc(NS(C)(=O)=O)c2)c1. The van der Waals surface area contributed by atoms with Gasteiger partial charge in [0.25, 0.3) is 0 Å². The maximum atomic E-state index is 11.9. The van der Waals surface area contributed by atoms with Crippen LogP contribution in [-0.4, -0.2) is 27.8 Å². The van der Waals surface area contributed by atoms with Gasteiger partial charge in [-0.05, 0) is 35.4 Å². The lowest BCUT2D eigenvalue weighted by Gasteiger charge is -2.10. The highest BCUT2D eigenvalue weighted by molar-refractivity contribution is 7.92. The zero-order valence-electron chi connectivity index (χ0n) is 14.1. The first-order valence-electron chi connectivity index (χ1n) is 7.57. The number of carbonyl (C=O) groups excluding carboxylic acids is 1. The minimum absolute atomic E-state index is 0.281. The Morgan fingerprint density at radius 3 is 2.20 bits per heavy atom. The van der Waals surface area contributed by atoms with E-state index < -0.39 is 10.0 Å². The monoisotopic (exact) mass is 363 g/mol. The molecule has 0 unspecified atom stereocenters. The Morgan fingerprint density at radius 1 is 1.00 bits per heavy atom. The van der Waals surface area contributed by atoms with E-state index in [1.807, 2.05) is 24.3 Å². The van der Waals surface area contributed by atoms with Gasteiger partial charge >= 0.3 is 6.03 Å². The fourth-order valence-corrected chi connectivity index (χ4v) is 2.72. The number of methoxy groups -OCH3 is 1. The van der Waals surface area contributed by atoms with Gasteiger partial charge in [-0.2, -0.15) is 0 Å². The van der Waals surface area contributed by atoms with Crippen LogP contribution in [0.1, 0.15) is 11.1 Å². The van der Waals surface area contributed by atoms with Crippen LogP contribution in [0.25, 0.3) is 0 Å². The lowest BCUT2D eigenvalue weighted by molar-refractivity contribution is 0.240. The molecule has 0 saturated carbocycles. The number of ether oxygens (including phenoxy) is 1. The normalized spacial score (nSPS) is 10.8. The largest absolute Gasteiger partial charge is 0.497 e. The number of amides is 2. The van der Waals surface area contributed by atoms with Crippen molar-refractivity contribution in [3.05, 3.63) is 59.7 Å². The highest BCUT2D eigenvalue weighted by atomic mass is 32.2. The number of sulfonamides is 1. The number of benzene rings is 2. The molecule has 7 nitrogen and oxygen atoms in total. The Balaban J connectivity index is 1.84. The van der Waals surface area contributed by atoms with Crippen molar-refractivity contribution in [2.75, 3.05) is 18.1 Å². The third-order valence-electron chi connectivity index (χ3n) is 3.27. The van der Waals surface area contributed by atoms with Gasteiger partial charge < -0.3 is 15.4 Å². The lowest BCUT2D eigenvalue weighted by atomic mass is 10.2. The minimum Gasteiger partial charge on any atom is -0.497 e. The van der Waals surface area contributed by atoms with Crippen molar-refractivity contribution in [3.8, 4) is 5.75 Å². The van der Waals surface area contributed by atoms with Gasteiger partial charge in [0.05, 0.1) is 13.4 Å². The maximum Gasteiger partial charge on any atom is 0.315 e. The molecule has 0 spiro atoms.